The SMILES string of the molecule is CNC(=O)c1ccnc2c([C@H](C)CNc3cc(-c4ccc(CC5CCN(C)CC5)nc4)ncn3)cccc12.COC(=O)c1c(F)cnc2c([C@H](C)CNc3cc(-c4ccc(C)nc4)ncn3)cccc12.S.S. The van der Waals surface area contributed by atoms with Gasteiger partial charge in [-0.2, -0.15) is 27.0 Å². The van der Waals surface area contributed by atoms with Crippen LogP contribution in [-0.2, 0) is 11.2 Å². The number of esters is 1. The lowest BCUT2D eigenvalue weighted by Crippen LogP contribution is -2.31. The summed E-state index contributed by atoms with van der Waals surface area (Å²) < 4.78 is 19.0. The van der Waals surface area contributed by atoms with E-state index in [1.54, 1.807) is 44.0 Å². The highest BCUT2D eigenvalue weighted by atomic mass is 32.1. The molecule has 374 valence electrons. The molecule has 1 aliphatic heterocycles. The largest absolute Gasteiger partial charge is 0.465 e. The van der Waals surface area contributed by atoms with Crippen molar-refractivity contribution in [2.75, 3.05) is 58.0 Å². The van der Waals surface area contributed by atoms with Crippen LogP contribution in [0.15, 0.2) is 116 Å². The van der Waals surface area contributed by atoms with Gasteiger partial charge in [0, 0.05) is 96.0 Å². The second-order valence-electron chi connectivity index (χ2n) is 17.7. The van der Waals surface area contributed by atoms with Crippen LogP contribution in [0.25, 0.3) is 44.3 Å². The Labute approximate surface area is 433 Å². The van der Waals surface area contributed by atoms with Crippen molar-refractivity contribution in [1.29, 1.82) is 0 Å². The smallest absolute Gasteiger partial charge is 0.341 e. The topological polar surface area (TPSA) is 186 Å². The normalized spacial score (nSPS) is 13.4. The minimum Gasteiger partial charge on any atom is -0.465 e. The number of aryl methyl sites for hydroxylation is 1. The second kappa shape index (κ2) is 25.3. The lowest BCUT2D eigenvalue weighted by molar-refractivity contribution is 0.0597. The number of halogens is 1. The molecule has 3 N–H and O–H groups in total. The number of ether oxygens (including phenoxy) is 1. The first-order valence-electron chi connectivity index (χ1n) is 23.4. The van der Waals surface area contributed by atoms with E-state index in [0.29, 0.717) is 41.3 Å². The van der Waals surface area contributed by atoms with Gasteiger partial charge < -0.3 is 25.6 Å². The van der Waals surface area contributed by atoms with Crippen LogP contribution in [-0.4, -0.2) is 104 Å². The molecule has 2 aromatic carbocycles. The third-order valence-corrected chi connectivity index (χ3v) is 12.8. The van der Waals surface area contributed by atoms with E-state index < -0.39 is 11.8 Å². The Kier molecular flexibility index (Phi) is 19.0. The number of likely N-dealkylation sites (tertiary alicyclic amines) is 1. The molecule has 1 aliphatic rings. The quantitative estimate of drug-likeness (QED) is 0.0875. The highest BCUT2D eigenvalue weighted by Gasteiger charge is 2.22. The molecule has 0 spiro atoms. The number of hydrogen-bond donors (Lipinski definition) is 3. The van der Waals surface area contributed by atoms with E-state index in [0.717, 1.165) is 74.4 Å². The van der Waals surface area contributed by atoms with Crippen molar-refractivity contribution in [3.63, 3.8) is 0 Å². The molecule has 6 aromatic heterocycles. The maximum Gasteiger partial charge on any atom is 0.341 e. The minimum atomic E-state index is -0.725. The fourth-order valence-electron chi connectivity index (χ4n) is 8.70. The molecule has 18 heteroatoms. The lowest BCUT2D eigenvalue weighted by atomic mass is 9.92. The number of rotatable bonds is 14. The number of carbonyl (C=O) groups is 2. The Morgan fingerprint density at radius 1 is 0.722 bits per heavy atom. The van der Waals surface area contributed by atoms with E-state index >= 15 is 0 Å². The number of para-hydroxylation sites is 2. The molecule has 7 heterocycles. The first kappa shape index (κ1) is 54.2. The molecule has 8 aromatic rings. The van der Waals surface area contributed by atoms with Gasteiger partial charge in [0.1, 0.15) is 29.9 Å². The second-order valence-corrected chi connectivity index (χ2v) is 17.7. The van der Waals surface area contributed by atoms with Crippen LogP contribution in [0.1, 0.15) is 81.8 Å². The summed E-state index contributed by atoms with van der Waals surface area (Å²) in [7, 11) is 5.06. The maximum absolute atomic E-state index is 14.3. The molecule has 1 fully saturated rings. The Hall–Kier alpha value is -7.15. The molecule has 1 amide bonds. The number of methoxy groups -OCH3 is 1. The fraction of sp³-hybridized carbons (Fsp3) is 0.296. The summed E-state index contributed by atoms with van der Waals surface area (Å²) in [5, 5.41) is 10.8. The summed E-state index contributed by atoms with van der Waals surface area (Å²) in [4.78, 5) is 62.2. The van der Waals surface area contributed by atoms with Crippen molar-refractivity contribution in [3.05, 3.63) is 156 Å². The van der Waals surface area contributed by atoms with Gasteiger partial charge >= 0.3 is 5.97 Å². The van der Waals surface area contributed by atoms with Crippen molar-refractivity contribution in [2.45, 2.75) is 51.9 Å². The Bertz CT molecular complexity index is 3110. The van der Waals surface area contributed by atoms with E-state index in [2.05, 4.69) is 87.9 Å². The van der Waals surface area contributed by atoms with Gasteiger partial charge in [-0.3, -0.25) is 24.7 Å². The number of benzene rings is 2. The molecular formula is C54H61FN12O3S2. The molecule has 15 nitrogen and oxygen atoms in total. The molecular weight excluding hydrogens is 948 g/mol. The van der Waals surface area contributed by atoms with Gasteiger partial charge in [-0.05, 0) is 93.7 Å². The van der Waals surface area contributed by atoms with Gasteiger partial charge in [-0.15, -0.1) is 0 Å². The van der Waals surface area contributed by atoms with Gasteiger partial charge in [0.15, 0.2) is 5.82 Å². The van der Waals surface area contributed by atoms with Crippen LogP contribution in [0.4, 0.5) is 16.0 Å². The monoisotopic (exact) mass is 1010 g/mol. The number of fused-ring (bicyclic) bond motifs is 2. The number of nitrogens with one attached hydrogen (secondary N) is 3. The molecule has 9 rings (SSSR count). The number of hydrogen-bond acceptors (Lipinski definition) is 14. The van der Waals surface area contributed by atoms with Gasteiger partial charge in [-0.1, -0.05) is 50.2 Å². The maximum atomic E-state index is 14.3. The number of pyridine rings is 4. The third-order valence-electron chi connectivity index (χ3n) is 12.8. The number of amides is 1. The number of anilines is 2. The lowest BCUT2D eigenvalue weighted by Gasteiger charge is -2.28. The first-order valence-corrected chi connectivity index (χ1v) is 23.4. The summed E-state index contributed by atoms with van der Waals surface area (Å²) in [6, 6.07) is 25.1. The number of piperidine rings is 1. The van der Waals surface area contributed by atoms with Crippen LogP contribution in [0, 0.1) is 18.7 Å². The summed E-state index contributed by atoms with van der Waals surface area (Å²) in [5.41, 5.74) is 9.50. The standard InChI is InChI=1S/C30H35N7O.C24H22FN5O2.2H2S/c1-20(24-5-4-6-25-26(30(38)31-2)9-12-32-29(24)25)17-34-28-16-27(35-19-36-28)22-7-8-23(33-18-22)15-21-10-13-37(3)14-11-21;1-14(10-27-21-9-20(29-13-30-21)16-8-7-15(2)26-11-16)17-5-4-6-18-22(24(31)32-3)19(25)12-28-23(17)18;;/h4-9,12,16,18-21H,10-11,13-15,17H2,1-3H3,(H,31,38)(H,34,35,36);4-9,11-14H,10H2,1-3H3,(H,27,29,30);2*1H2/t20-;14-;;/m11../s1. The van der Waals surface area contributed by atoms with E-state index in [-0.39, 0.29) is 50.3 Å². The van der Waals surface area contributed by atoms with Crippen LogP contribution in [0.5, 0.6) is 0 Å². The van der Waals surface area contributed by atoms with Crippen molar-refractivity contribution in [3.8, 4) is 22.5 Å². The van der Waals surface area contributed by atoms with Crippen molar-refractivity contribution in [2.24, 2.45) is 5.92 Å². The third kappa shape index (κ3) is 13.0. The van der Waals surface area contributed by atoms with E-state index in [4.69, 9.17) is 9.72 Å². The van der Waals surface area contributed by atoms with Crippen LogP contribution in [0.3, 0.4) is 0 Å². The average Bonchev–Trinajstić information content (AvgIpc) is 3.40. The molecule has 2 atom stereocenters. The van der Waals surface area contributed by atoms with E-state index in [1.807, 2.05) is 62.5 Å². The molecule has 0 saturated carbocycles. The first-order chi connectivity index (χ1) is 34.0. The predicted molar refractivity (Wildman–Crippen MR) is 292 cm³/mol. The predicted octanol–water partition coefficient (Wildman–Crippen LogP) is 9.31. The molecule has 0 aliphatic carbocycles. The van der Waals surface area contributed by atoms with Crippen LogP contribution >= 0.6 is 27.0 Å². The highest BCUT2D eigenvalue weighted by Crippen LogP contribution is 2.30. The zero-order valence-electron chi connectivity index (χ0n) is 41.3. The summed E-state index contributed by atoms with van der Waals surface area (Å²) >= 11 is 0. The molecule has 0 bridgehead atoms. The van der Waals surface area contributed by atoms with Gasteiger partial charge in [0.2, 0.25) is 0 Å². The van der Waals surface area contributed by atoms with E-state index in [9.17, 15) is 14.0 Å². The highest BCUT2D eigenvalue weighted by molar-refractivity contribution is 7.59. The van der Waals surface area contributed by atoms with Gasteiger partial charge in [0.05, 0.1) is 41.3 Å². The van der Waals surface area contributed by atoms with Crippen molar-refractivity contribution in [1.82, 2.24) is 50.1 Å². The number of aromatic nitrogens is 8. The summed E-state index contributed by atoms with van der Waals surface area (Å²) in [6.45, 7) is 9.66. The van der Waals surface area contributed by atoms with E-state index in [1.165, 1.54) is 39.4 Å². The summed E-state index contributed by atoms with van der Waals surface area (Å²) in [6.07, 6.45) is 13.1. The van der Waals surface area contributed by atoms with Crippen LogP contribution in [0.2, 0.25) is 0 Å². The fourth-order valence-corrected chi connectivity index (χ4v) is 8.70. The molecule has 1 saturated heterocycles. The number of nitrogens with zero attached hydrogens (tertiary/aromatic N) is 9. The van der Waals surface area contributed by atoms with Gasteiger partial charge in [-0.25, -0.2) is 29.1 Å². The Balaban J connectivity index is 0.000000232. The zero-order valence-corrected chi connectivity index (χ0v) is 43.3. The molecule has 72 heavy (non-hydrogen) atoms. The Morgan fingerprint density at radius 2 is 1.31 bits per heavy atom. The Morgan fingerprint density at radius 3 is 1.86 bits per heavy atom. The van der Waals surface area contributed by atoms with Gasteiger partial charge in [0.25, 0.3) is 5.91 Å². The van der Waals surface area contributed by atoms with Crippen molar-refractivity contribution < 1.29 is 18.7 Å². The summed E-state index contributed by atoms with van der Waals surface area (Å²) in [5.74, 6) is 0.760. The average molecular weight is 1010 g/mol. The molecule has 0 unspecified atom stereocenters. The zero-order chi connectivity index (χ0) is 49.1. The minimum absolute atomic E-state index is 0. The number of carbonyl (C=O) groups excluding carboxylic acids is 2. The molecule has 0 radical (unpaired) electrons. The van der Waals surface area contributed by atoms with Crippen LogP contribution < -0.4 is 16.0 Å². The van der Waals surface area contributed by atoms with Crippen molar-refractivity contribution >= 4 is 72.3 Å².